The fraction of sp³-hybridized carbons (Fsp3) is 0.727. The van der Waals surface area contributed by atoms with Crippen molar-refractivity contribution in [2.75, 3.05) is 7.05 Å². The second-order valence-electron chi connectivity index (χ2n) is 5.75. The number of likely N-dealkylation sites (N-methyl/N-ethyl adjacent to an activating group) is 1. The third kappa shape index (κ3) is 2.30. The zero-order chi connectivity index (χ0) is 12.7. The van der Waals surface area contributed by atoms with E-state index in [0.29, 0.717) is 5.76 Å². The van der Waals surface area contributed by atoms with Crippen LogP contribution >= 0.6 is 0 Å². The summed E-state index contributed by atoms with van der Waals surface area (Å²) in [6, 6.07) is 0. The minimum atomic E-state index is -1.98. The number of amides is 1. The molecule has 0 aliphatic carbocycles. The molecule has 0 aromatic carbocycles. The van der Waals surface area contributed by atoms with Gasteiger partial charge in [0.15, 0.2) is 6.10 Å². The Morgan fingerprint density at radius 1 is 1.44 bits per heavy atom. The number of rotatable bonds is 2. The van der Waals surface area contributed by atoms with Crippen LogP contribution in [0.1, 0.15) is 20.8 Å². The number of aliphatic hydroxyl groups excluding tert-OH is 1. The lowest BCUT2D eigenvalue weighted by atomic mass is 10.2. The molecule has 1 atom stereocenters. The summed E-state index contributed by atoms with van der Waals surface area (Å²) in [6.45, 7) is 10.5. The minimum absolute atomic E-state index is 0.0533. The Bertz CT molecular complexity index is 331. The van der Waals surface area contributed by atoms with Crippen LogP contribution in [0.3, 0.4) is 0 Å². The highest BCUT2D eigenvalue weighted by molar-refractivity contribution is 6.74. The molecule has 0 fully saturated rings. The Labute approximate surface area is 98.0 Å². The Morgan fingerprint density at radius 3 is 2.25 bits per heavy atom. The van der Waals surface area contributed by atoms with Crippen molar-refractivity contribution in [1.29, 1.82) is 0 Å². The molecule has 1 aliphatic rings. The van der Waals surface area contributed by atoms with Gasteiger partial charge in [-0.2, -0.15) is 0 Å². The van der Waals surface area contributed by atoms with Crippen molar-refractivity contribution >= 4 is 14.2 Å². The fourth-order valence-electron chi connectivity index (χ4n) is 1.17. The molecule has 0 radical (unpaired) electrons. The van der Waals surface area contributed by atoms with Crippen molar-refractivity contribution in [3.8, 4) is 0 Å². The van der Waals surface area contributed by atoms with Gasteiger partial charge in [-0.05, 0) is 18.1 Å². The first kappa shape index (κ1) is 13.3. The van der Waals surface area contributed by atoms with Crippen LogP contribution < -0.4 is 0 Å². The van der Waals surface area contributed by atoms with Crippen LogP contribution in [0.5, 0.6) is 0 Å². The van der Waals surface area contributed by atoms with Crippen LogP contribution in [0.4, 0.5) is 0 Å². The van der Waals surface area contributed by atoms with Gasteiger partial charge in [0.25, 0.3) is 5.91 Å². The Balaban J connectivity index is 2.84. The maximum absolute atomic E-state index is 11.4. The van der Waals surface area contributed by atoms with E-state index in [1.165, 1.54) is 4.90 Å². The number of hydrogen-bond donors (Lipinski definition) is 1. The summed E-state index contributed by atoms with van der Waals surface area (Å²) >= 11 is 0. The van der Waals surface area contributed by atoms with Gasteiger partial charge in [0.05, 0.1) is 0 Å². The van der Waals surface area contributed by atoms with E-state index in [-0.39, 0.29) is 10.9 Å². The number of hydrogen-bond acceptors (Lipinski definition) is 3. The van der Waals surface area contributed by atoms with E-state index in [0.717, 1.165) is 0 Å². The first-order valence-corrected chi connectivity index (χ1v) is 8.32. The predicted octanol–water partition coefficient (Wildman–Crippen LogP) is 1.68. The van der Waals surface area contributed by atoms with Crippen LogP contribution in [-0.2, 0) is 9.22 Å². The standard InChI is InChI=1S/C11H21NO3Si/c1-11(2,3)16(5,6)15-8-7-12(4)10(14)9(8)13/h7,9,13H,1-6H3. The van der Waals surface area contributed by atoms with Crippen molar-refractivity contribution in [2.24, 2.45) is 0 Å². The van der Waals surface area contributed by atoms with Gasteiger partial charge in [-0.25, -0.2) is 0 Å². The number of carbonyl (C=O) groups excluding carboxylic acids is 1. The Morgan fingerprint density at radius 2 is 1.94 bits per heavy atom. The average Bonchev–Trinajstić information content (AvgIpc) is 2.31. The quantitative estimate of drug-likeness (QED) is 0.751. The van der Waals surface area contributed by atoms with Crippen LogP contribution in [0, 0.1) is 0 Å². The third-order valence-corrected chi connectivity index (χ3v) is 7.71. The number of carbonyl (C=O) groups is 1. The molecule has 0 aromatic heterocycles. The summed E-state index contributed by atoms with van der Waals surface area (Å²) in [6.07, 6.45) is 0.451. The van der Waals surface area contributed by atoms with Gasteiger partial charge in [0.1, 0.15) is 5.76 Å². The molecule has 16 heavy (non-hydrogen) atoms. The molecule has 5 heteroatoms. The molecule has 1 N–H and O–H groups in total. The maximum atomic E-state index is 11.4. The van der Waals surface area contributed by atoms with Crippen molar-refractivity contribution < 1.29 is 14.3 Å². The number of aliphatic hydroxyl groups is 1. The molecule has 1 amide bonds. The van der Waals surface area contributed by atoms with Gasteiger partial charge in [-0.3, -0.25) is 4.79 Å². The molecule has 1 heterocycles. The Hall–Kier alpha value is -0.813. The molecule has 0 aromatic rings. The maximum Gasteiger partial charge on any atom is 0.263 e. The predicted molar refractivity (Wildman–Crippen MR) is 65.1 cm³/mol. The van der Waals surface area contributed by atoms with E-state index >= 15 is 0 Å². The highest BCUT2D eigenvalue weighted by Crippen LogP contribution is 2.39. The summed E-state index contributed by atoms with van der Waals surface area (Å²) in [5.41, 5.74) is 0. The summed E-state index contributed by atoms with van der Waals surface area (Å²) in [4.78, 5) is 12.8. The molecule has 4 nitrogen and oxygen atoms in total. The Kier molecular flexibility index (Phi) is 3.22. The van der Waals surface area contributed by atoms with Gasteiger partial charge < -0.3 is 14.4 Å². The van der Waals surface area contributed by atoms with E-state index in [9.17, 15) is 9.90 Å². The molecule has 1 unspecified atom stereocenters. The molecule has 0 bridgehead atoms. The van der Waals surface area contributed by atoms with Crippen molar-refractivity contribution in [3.05, 3.63) is 12.0 Å². The summed E-state index contributed by atoms with van der Waals surface area (Å²) < 4.78 is 5.90. The normalized spacial score (nSPS) is 22.4. The van der Waals surface area contributed by atoms with Gasteiger partial charge in [0, 0.05) is 13.2 Å². The summed E-state index contributed by atoms with van der Waals surface area (Å²) in [5, 5.41) is 9.75. The fourth-order valence-corrected chi connectivity index (χ4v) is 2.23. The van der Waals surface area contributed by atoms with Crippen molar-refractivity contribution in [1.82, 2.24) is 4.90 Å². The molecule has 1 aliphatic heterocycles. The van der Waals surface area contributed by atoms with E-state index in [2.05, 4.69) is 33.9 Å². The highest BCUT2D eigenvalue weighted by Gasteiger charge is 2.42. The monoisotopic (exact) mass is 243 g/mol. The molecule has 0 spiro atoms. The zero-order valence-electron chi connectivity index (χ0n) is 10.9. The van der Waals surface area contributed by atoms with E-state index < -0.39 is 14.4 Å². The van der Waals surface area contributed by atoms with Crippen LogP contribution in [0.15, 0.2) is 12.0 Å². The molecule has 92 valence electrons. The van der Waals surface area contributed by atoms with Gasteiger partial charge in [-0.1, -0.05) is 20.8 Å². The van der Waals surface area contributed by atoms with E-state index in [4.69, 9.17) is 4.43 Å². The molecule has 0 saturated carbocycles. The molecular weight excluding hydrogens is 222 g/mol. The SMILES string of the molecule is CN1C=C(O[Si](C)(C)C(C)(C)C)C(O)C1=O. The highest BCUT2D eigenvalue weighted by atomic mass is 28.4. The lowest BCUT2D eigenvalue weighted by molar-refractivity contribution is -0.133. The molecule has 1 rings (SSSR count). The lowest BCUT2D eigenvalue weighted by Crippen LogP contribution is -2.42. The van der Waals surface area contributed by atoms with Crippen LogP contribution in [0.25, 0.3) is 0 Å². The van der Waals surface area contributed by atoms with Gasteiger partial charge in [-0.15, -0.1) is 0 Å². The minimum Gasteiger partial charge on any atom is -0.543 e. The molecule has 0 saturated heterocycles. The smallest absolute Gasteiger partial charge is 0.263 e. The van der Waals surface area contributed by atoms with E-state index in [1.54, 1.807) is 13.2 Å². The molecular formula is C11H21NO3Si. The number of nitrogens with zero attached hydrogens (tertiary/aromatic N) is 1. The first-order valence-electron chi connectivity index (χ1n) is 5.42. The third-order valence-electron chi connectivity index (χ3n) is 3.35. The summed E-state index contributed by atoms with van der Waals surface area (Å²) in [5.74, 6) is 0.0628. The van der Waals surface area contributed by atoms with Crippen molar-refractivity contribution in [3.63, 3.8) is 0 Å². The first-order chi connectivity index (χ1) is 7.06. The second kappa shape index (κ2) is 3.89. The topological polar surface area (TPSA) is 49.8 Å². The van der Waals surface area contributed by atoms with Crippen LogP contribution in [-0.4, -0.2) is 37.4 Å². The lowest BCUT2D eigenvalue weighted by Gasteiger charge is -2.37. The second-order valence-corrected chi connectivity index (χ2v) is 10.5. The van der Waals surface area contributed by atoms with Crippen LogP contribution in [0.2, 0.25) is 18.1 Å². The van der Waals surface area contributed by atoms with Crippen molar-refractivity contribution in [2.45, 2.75) is 45.0 Å². The zero-order valence-corrected chi connectivity index (χ0v) is 11.9. The summed E-state index contributed by atoms with van der Waals surface area (Å²) in [7, 11) is -0.359. The largest absolute Gasteiger partial charge is 0.543 e. The average molecular weight is 243 g/mol. The van der Waals surface area contributed by atoms with Gasteiger partial charge >= 0.3 is 0 Å². The van der Waals surface area contributed by atoms with Gasteiger partial charge in [0.2, 0.25) is 8.32 Å². The van der Waals surface area contributed by atoms with E-state index in [1.807, 2.05) is 0 Å².